The molecule has 0 radical (unpaired) electrons. The van der Waals surface area contributed by atoms with Crippen molar-refractivity contribution < 1.29 is 48.7 Å². The van der Waals surface area contributed by atoms with Crippen LogP contribution in [0.1, 0.15) is 54.0 Å². The Bertz CT molecular complexity index is 2250. The SMILES string of the molecule is NCCCC[C@H](NC(=S)Nc1ccc(OCC(=O)C[C@H](O)CO)cc1)C(=O)NCC(=O)OCc1c2c(nc3ccccc13)-c1cc3c(c(=O)n1C2)COC(=O)[C@H]3O. The molecule has 6 rings (SSSR count). The molecule has 17 nitrogen and oxygen atoms in total. The second-order valence-corrected chi connectivity index (χ2v) is 13.9. The maximum atomic E-state index is 13.5. The minimum absolute atomic E-state index is 0.114. The number of anilines is 1. The van der Waals surface area contributed by atoms with E-state index in [9.17, 15) is 34.2 Å². The summed E-state index contributed by atoms with van der Waals surface area (Å²) in [5.41, 5.74) is 8.90. The minimum Gasteiger partial charge on any atom is -0.486 e. The lowest BCUT2D eigenvalue weighted by molar-refractivity contribution is -0.157. The van der Waals surface area contributed by atoms with Crippen molar-refractivity contribution in [3.8, 4) is 17.1 Å². The summed E-state index contributed by atoms with van der Waals surface area (Å²) in [7, 11) is 0. The Labute approximate surface area is 331 Å². The summed E-state index contributed by atoms with van der Waals surface area (Å²) in [6.45, 7) is -1.14. The number of aliphatic hydroxyl groups is 3. The molecule has 1 amide bonds. The average Bonchev–Trinajstić information content (AvgIpc) is 3.57. The van der Waals surface area contributed by atoms with Crippen molar-refractivity contribution in [1.82, 2.24) is 20.2 Å². The molecule has 0 bridgehead atoms. The predicted molar refractivity (Wildman–Crippen MR) is 209 cm³/mol. The number of carbonyl (C=O) groups excluding carboxylic acids is 4. The number of nitrogens with one attached hydrogen (secondary N) is 3. The summed E-state index contributed by atoms with van der Waals surface area (Å²) >= 11 is 5.47. The highest BCUT2D eigenvalue weighted by atomic mass is 32.1. The van der Waals surface area contributed by atoms with Gasteiger partial charge in [-0.3, -0.25) is 19.2 Å². The van der Waals surface area contributed by atoms with E-state index in [-0.39, 0.29) is 54.8 Å². The number of ketones is 1. The number of benzene rings is 2. The highest BCUT2D eigenvalue weighted by Crippen LogP contribution is 2.38. The number of amides is 1. The number of aromatic nitrogens is 2. The Hall–Kier alpha value is -5.79. The van der Waals surface area contributed by atoms with Crippen LogP contribution >= 0.6 is 12.2 Å². The van der Waals surface area contributed by atoms with E-state index >= 15 is 0 Å². The minimum atomic E-state index is -1.60. The second-order valence-electron chi connectivity index (χ2n) is 13.5. The molecule has 8 N–H and O–H groups in total. The molecule has 0 spiro atoms. The van der Waals surface area contributed by atoms with Crippen molar-refractivity contribution in [2.24, 2.45) is 5.73 Å². The fourth-order valence-electron chi connectivity index (χ4n) is 6.58. The number of ether oxygens (including phenoxy) is 3. The normalized spacial score (nSPS) is 15.0. The van der Waals surface area contributed by atoms with Crippen LogP contribution in [-0.2, 0) is 48.4 Å². The first-order chi connectivity index (χ1) is 27.5. The lowest BCUT2D eigenvalue weighted by atomic mass is 9.99. The summed E-state index contributed by atoms with van der Waals surface area (Å²) < 4.78 is 17.6. The fourth-order valence-corrected chi connectivity index (χ4v) is 6.84. The number of rotatable bonds is 17. The first kappa shape index (κ1) is 40.9. The van der Waals surface area contributed by atoms with E-state index in [1.807, 2.05) is 12.1 Å². The molecule has 2 aliphatic heterocycles. The highest BCUT2D eigenvalue weighted by molar-refractivity contribution is 7.80. The standard InChI is InChI=1S/C39H42N6O11S/c40-12-4-3-7-31(44-39(57)42-21-8-10-24(11-9-21)54-18-23(48)13-22(47)17-46)36(51)41-15-33(49)55-19-28-25-5-1-2-6-30(25)43-34-27(28)16-45-32(34)14-26-29(37(45)52)20-56-38(53)35(26)50/h1-2,5-6,8-11,14,22,31,35,46-47,50H,3-4,7,12-13,15-20,40H2,(H,41,51)(H2,42,44,57)/t22-,31-,35-/m0/s1. The van der Waals surface area contributed by atoms with Gasteiger partial charge in [-0.25, -0.2) is 9.78 Å². The lowest BCUT2D eigenvalue weighted by Crippen LogP contribution is -2.49. The fraction of sp³-hybridized carbons (Fsp3) is 0.359. The van der Waals surface area contributed by atoms with Gasteiger partial charge in [0.2, 0.25) is 5.91 Å². The van der Waals surface area contributed by atoms with Gasteiger partial charge in [0.1, 0.15) is 38.2 Å². The molecule has 4 aromatic rings. The number of carbonyl (C=O) groups is 4. The van der Waals surface area contributed by atoms with Crippen molar-refractivity contribution in [1.29, 1.82) is 0 Å². The molecule has 0 saturated heterocycles. The molecule has 300 valence electrons. The van der Waals surface area contributed by atoms with Crippen LogP contribution in [0, 0.1) is 0 Å². The van der Waals surface area contributed by atoms with Gasteiger partial charge in [0.25, 0.3) is 5.56 Å². The quantitative estimate of drug-likeness (QED) is 0.0391. The van der Waals surface area contributed by atoms with Crippen molar-refractivity contribution in [3.63, 3.8) is 0 Å². The maximum Gasteiger partial charge on any atom is 0.340 e. The second kappa shape index (κ2) is 18.4. The molecule has 0 aliphatic carbocycles. The van der Waals surface area contributed by atoms with Crippen LogP contribution in [0.3, 0.4) is 0 Å². The van der Waals surface area contributed by atoms with Crippen molar-refractivity contribution in [2.75, 3.05) is 31.6 Å². The molecule has 0 saturated carbocycles. The van der Waals surface area contributed by atoms with Crippen LogP contribution in [0.5, 0.6) is 5.75 Å². The number of para-hydroxylation sites is 1. The number of aliphatic hydroxyl groups excluding tert-OH is 3. The Balaban J connectivity index is 1.07. The molecule has 57 heavy (non-hydrogen) atoms. The number of fused-ring (bicyclic) bond motifs is 5. The number of thiocarbonyl (C=S) groups is 1. The third-order valence-corrected chi connectivity index (χ3v) is 9.74. The Morgan fingerprint density at radius 2 is 1.86 bits per heavy atom. The smallest absolute Gasteiger partial charge is 0.340 e. The van der Waals surface area contributed by atoms with Gasteiger partial charge in [0.05, 0.1) is 41.7 Å². The van der Waals surface area contributed by atoms with E-state index in [0.29, 0.717) is 70.7 Å². The molecule has 2 aliphatic rings. The third kappa shape index (κ3) is 9.61. The van der Waals surface area contributed by atoms with Gasteiger partial charge >= 0.3 is 11.9 Å². The highest BCUT2D eigenvalue weighted by Gasteiger charge is 2.35. The van der Waals surface area contributed by atoms with Crippen LogP contribution in [0.4, 0.5) is 5.69 Å². The molecule has 3 atom stereocenters. The van der Waals surface area contributed by atoms with Crippen molar-refractivity contribution in [2.45, 2.75) is 63.7 Å². The van der Waals surface area contributed by atoms with Crippen LogP contribution in [0.15, 0.2) is 59.4 Å². The third-order valence-electron chi connectivity index (χ3n) is 9.52. The van der Waals surface area contributed by atoms with Gasteiger partial charge in [-0.05, 0) is 74.4 Å². The number of nitrogens with zero attached hydrogens (tertiary/aromatic N) is 2. The van der Waals surface area contributed by atoms with Crippen molar-refractivity contribution >= 4 is 57.5 Å². The van der Waals surface area contributed by atoms with Gasteiger partial charge < -0.3 is 55.8 Å². The Kier molecular flexibility index (Phi) is 13.2. The topological polar surface area (TPSA) is 254 Å². The van der Waals surface area contributed by atoms with E-state index < -0.39 is 54.8 Å². The molecule has 2 aromatic carbocycles. The van der Waals surface area contributed by atoms with Crippen LogP contribution in [-0.4, -0.2) is 92.1 Å². The number of unbranched alkanes of at least 4 members (excludes halogenated alkanes) is 1. The summed E-state index contributed by atoms with van der Waals surface area (Å²) in [4.78, 5) is 68.6. The number of nitrogens with two attached hydrogens (primary N) is 1. The monoisotopic (exact) mass is 802 g/mol. The molecule has 2 aromatic heterocycles. The van der Waals surface area contributed by atoms with Gasteiger partial charge in [0, 0.05) is 34.2 Å². The molecular formula is C39H42N6O11S. The number of cyclic esters (lactones) is 1. The van der Waals surface area contributed by atoms with Crippen LogP contribution in [0.25, 0.3) is 22.3 Å². The van der Waals surface area contributed by atoms with Gasteiger partial charge in [-0.15, -0.1) is 0 Å². The van der Waals surface area contributed by atoms with Gasteiger partial charge in [-0.2, -0.15) is 0 Å². The zero-order chi connectivity index (χ0) is 40.6. The Morgan fingerprint density at radius 3 is 2.61 bits per heavy atom. The number of pyridine rings is 2. The lowest BCUT2D eigenvalue weighted by Gasteiger charge is -2.21. The van der Waals surface area contributed by atoms with E-state index in [1.54, 1.807) is 42.5 Å². The average molecular weight is 803 g/mol. The zero-order valence-corrected chi connectivity index (χ0v) is 31.5. The van der Waals surface area contributed by atoms with E-state index in [0.717, 1.165) is 0 Å². The predicted octanol–water partition coefficient (Wildman–Crippen LogP) is 0.850. The molecule has 0 unspecified atom stereocenters. The molecular weight excluding hydrogens is 761 g/mol. The number of hydrogen-bond donors (Lipinski definition) is 7. The van der Waals surface area contributed by atoms with E-state index in [4.69, 9.17) is 42.3 Å². The molecule has 18 heteroatoms. The van der Waals surface area contributed by atoms with Crippen LogP contribution in [0.2, 0.25) is 0 Å². The summed E-state index contributed by atoms with van der Waals surface area (Å²) in [5, 5.41) is 38.2. The number of esters is 2. The number of hydrogen-bond acceptors (Lipinski definition) is 14. The van der Waals surface area contributed by atoms with Crippen LogP contribution < -0.4 is 32.0 Å². The largest absolute Gasteiger partial charge is 0.486 e. The first-order valence-electron chi connectivity index (χ1n) is 18.2. The Morgan fingerprint density at radius 1 is 1.09 bits per heavy atom. The van der Waals surface area contributed by atoms with Crippen molar-refractivity contribution in [3.05, 3.63) is 87.2 Å². The van der Waals surface area contributed by atoms with E-state index in [2.05, 4.69) is 16.0 Å². The zero-order valence-electron chi connectivity index (χ0n) is 30.7. The van der Waals surface area contributed by atoms with Gasteiger partial charge in [-0.1, -0.05) is 18.2 Å². The molecule has 4 heterocycles. The van der Waals surface area contributed by atoms with Gasteiger partial charge in [0.15, 0.2) is 17.0 Å². The summed E-state index contributed by atoms with van der Waals surface area (Å²) in [5.74, 6) is -2.02. The summed E-state index contributed by atoms with van der Waals surface area (Å²) in [6, 6.07) is 14.5. The summed E-state index contributed by atoms with van der Waals surface area (Å²) in [6.07, 6.45) is -1.33. The molecule has 0 fully saturated rings. The number of Topliss-reactive ketones (excluding diaryl/α,β-unsaturated/α-hetero) is 1. The maximum absolute atomic E-state index is 13.5. The van der Waals surface area contributed by atoms with E-state index in [1.165, 1.54) is 4.57 Å². The first-order valence-corrected chi connectivity index (χ1v) is 18.6.